The SMILES string of the molecule is O=C(C1CCNCC1)N1CCC(N2CCCC2)C1. The molecule has 3 fully saturated rings. The average molecular weight is 251 g/mol. The lowest BCUT2D eigenvalue weighted by Gasteiger charge is -2.28. The van der Waals surface area contributed by atoms with Crippen molar-refractivity contribution in [3.05, 3.63) is 0 Å². The molecule has 1 atom stereocenters. The van der Waals surface area contributed by atoms with Gasteiger partial charge in [-0.3, -0.25) is 9.69 Å². The van der Waals surface area contributed by atoms with Gasteiger partial charge in [-0.2, -0.15) is 0 Å². The maximum Gasteiger partial charge on any atom is 0.225 e. The summed E-state index contributed by atoms with van der Waals surface area (Å²) in [5.41, 5.74) is 0. The zero-order valence-corrected chi connectivity index (χ0v) is 11.2. The van der Waals surface area contributed by atoms with Crippen LogP contribution < -0.4 is 5.32 Å². The molecule has 3 aliphatic rings. The molecule has 0 aromatic rings. The van der Waals surface area contributed by atoms with Crippen LogP contribution in [0.25, 0.3) is 0 Å². The van der Waals surface area contributed by atoms with Gasteiger partial charge in [-0.05, 0) is 58.3 Å². The highest BCUT2D eigenvalue weighted by Crippen LogP contribution is 2.23. The van der Waals surface area contributed by atoms with Gasteiger partial charge in [0.05, 0.1) is 0 Å². The van der Waals surface area contributed by atoms with Crippen LogP contribution in [0.1, 0.15) is 32.1 Å². The van der Waals surface area contributed by atoms with Gasteiger partial charge in [0.15, 0.2) is 0 Å². The van der Waals surface area contributed by atoms with Gasteiger partial charge in [0.2, 0.25) is 5.91 Å². The minimum Gasteiger partial charge on any atom is -0.341 e. The van der Waals surface area contributed by atoms with Crippen LogP contribution in [0.4, 0.5) is 0 Å². The predicted octanol–water partition coefficient (Wildman–Crippen LogP) is 0.683. The molecule has 3 rings (SSSR count). The molecular weight excluding hydrogens is 226 g/mol. The van der Waals surface area contributed by atoms with E-state index in [1.165, 1.54) is 32.4 Å². The third kappa shape index (κ3) is 2.54. The molecular formula is C14H25N3O. The van der Waals surface area contributed by atoms with E-state index >= 15 is 0 Å². The number of amides is 1. The maximum absolute atomic E-state index is 12.4. The number of likely N-dealkylation sites (tertiary alicyclic amines) is 2. The van der Waals surface area contributed by atoms with Crippen molar-refractivity contribution in [2.45, 2.75) is 38.1 Å². The number of carbonyl (C=O) groups excluding carboxylic acids is 1. The molecule has 4 heteroatoms. The summed E-state index contributed by atoms with van der Waals surface area (Å²) in [6.07, 6.45) is 5.95. The number of hydrogen-bond acceptors (Lipinski definition) is 3. The van der Waals surface area contributed by atoms with Crippen LogP contribution in [-0.4, -0.2) is 61.0 Å². The zero-order valence-electron chi connectivity index (χ0n) is 11.2. The fourth-order valence-electron chi connectivity index (χ4n) is 3.67. The summed E-state index contributed by atoms with van der Waals surface area (Å²) >= 11 is 0. The van der Waals surface area contributed by atoms with Crippen molar-refractivity contribution >= 4 is 5.91 Å². The number of rotatable bonds is 2. The zero-order chi connectivity index (χ0) is 12.4. The molecule has 0 aliphatic carbocycles. The van der Waals surface area contributed by atoms with E-state index in [0.717, 1.165) is 39.0 Å². The first-order chi connectivity index (χ1) is 8.84. The fraction of sp³-hybridized carbons (Fsp3) is 0.929. The lowest BCUT2D eigenvalue weighted by Crippen LogP contribution is -2.42. The molecule has 102 valence electrons. The van der Waals surface area contributed by atoms with Gasteiger partial charge < -0.3 is 10.2 Å². The third-order valence-corrected chi connectivity index (χ3v) is 4.82. The van der Waals surface area contributed by atoms with E-state index in [0.29, 0.717) is 17.9 Å². The van der Waals surface area contributed by atoms with Gasteiger partial charge in [0.1, 0.15) is 0 Å². The second kappa shape index (κ2) is 5.57. The lowest BCUT2D eigenvalue weighted by atomic mass is 9.97. The quantitative estimate of drug-likeness (QED) is 0.784. The molecule has 0 spiro atoms. The van der Waals surface area contributed by atoms with E-state index in [-0.39, 0.29) is 0 Å². The van der Waals surface area contributed by atoms with Gasteiger partial charge in [-0.25, -0.2) is 0 Å². The van der Waals surface area contributed by atoms with Crippen molar-refractivity contribution in [3.63, 3.8) is 0 Å². The fourth-order valence-corrected chi connectivity index (χ4v) is 3.67. The molecule has 18 heavy (non-hydrogen) atoms. The van der Waals surface area contributed by atoms with Crippen LogP contribution in [0.5, 0.6) is 0 Å². The van der Waals surface area contributed by atoms with Crippen molar-refractivity contribution in [1.29, 1.82) is 0 Å². The Morgan fingerprint density at radius 1 is 1.00 bits per heavy atom. The summed E-state index contributed by atoms with van der Waals surface area (Å²) in [4.78, 5) is 17.2. The number of carbonyl (C=O) groups is 1. The first kappa shape index (κ1) is 12.4. The van der Waals surface area contributed by atoms with Gasteiger partial charge in [-0.15, -0.1) is 0 Å². The standard InChI is InChI=1S/C14H25N3O/c18-14(12-3-6-15-7-4-12)17-10-5-13(11-17)16-8-1-2-9-16/h12-13,15H,1-11H2. The average Bonchev–Trinajstić information content (AvgIpc) is 3.09. The topological polar surface area (TPSA) is 35.6 Å². The van der Waals surface area contributed by atoms with Crippen LogP contribution in [0.2, 0.25) is 0 Å². The molecule has 3 saturated heterocycles. The summed E-state index contributed by atoms with van der Waals surface area (Å²) in [5.74, 6) is 0.724. The minimum atomic E-state index is 0.295. The van der Waals surface area contributed by atoms with E-state index in [4.69, 9.17) is 0 Å². The van der Waals surface area contributed by atoms with E-state index in [2.05, 4.69) is 15.1 Å². The Labute approximate surface area is 110 Å². The highest BCUT2D eigenvalue weighted by Gasteiger charge is 2.34. The van der Waals surface area contributed by atoms with Crippen molar-refractivity contribution in [2.24, 2.45) is 5.92 Å². The Bertz CT molecular complexity index is 295. The van der Waals surface area contributed by atoms with Crippen LogP contribution in [0.3, 0.4) is 0 Å². The third-order valence-electron chi connectivity index (χ3n) is 4.82. The lowest BCUT2D eigenvalue weighted by molar-refractivity contribution is -0.135. The monoisotopic (exact) mass is 251 g/mol. The molecule has 1 N–H and O–H groups in total. The highest BCUT2D eigenvalue weighted by molar-refractivity contribution is 5.79. The first-order valence-electron chi connectivity index (χ1n) is 7.58. The molecule has 3 heterocycles. The number of nitrogens with zero attached hydrogens (tertiary/aromatic N) is 2. The molecule has 0 bridgehead atoms. The minimum absolute atomic E-state index is 0.295. The number of nitrogens with one attached hydrogen (secondary N) is 1. The molecule has 0 radical (unpaired) electrons. The number of piperidine rings is 1. The Balaban J connectivity index is 1.52. The van der Waals surface area contributed by atoms with Crippen molar-refractivity contribution in [3.8, 4) is 0 Å². The molecule has 0 saturated carbocycles. The van der Waals surface area contributed by atoms with E-state index < -0.39 is 0 Å². The van der Waals surface area contributed by atoms with Crippen LogP contribution in [-0.2, 0) is 4.79 Å². The predicted molar refractivity (Wildman–Crippen MR) is 71.4 cm³/mol. The largest absolute Gasteiger partial charge is 0.341 e. The van der Waals surface area contributed by atoms with Crippen LogP contribution in [0.15, 0.2) is 0 Å². The van der Waals surface area contributed by atoms with Gasteiger partial charge in [0, 0.05) is 25.0 Å². The Kier molecular flexibility index (Phi) is 3.85. The number of hydrogen-bond donors (Lipinski definition) is 1. The van der Waals surface area contributed by atoms with Crippen LogP contribution >= 0.6 is 0 Å². The summed E-state index contributed by atoms with van der Waals surface area (Å²) in [5, 5.41) is 3.33. The Hall–Kier alpha value is -0.610. The molecule has 0 aromatic heterocycles. The Morgan fingerprint density at radius 2 is 1.72 bits per heavy atom. The van der Waals surface area contributed by atoms with Gasteiger partial charge in [-0.1, -0.05) is 0 Å². The molecule has 1 unspecified atom stereocenters. The highest BCUT2D eigenvalue weighted by atomic mass is 16.2. The Morgan fingerprint density at radius 3 is 2.44 bits per heavy atom. The maximum atomic E-state index is 12.4. The molecule has 1 amide bonds. The van der Waals surface area contributed by atoms with Crippen molar-refractivity contribution < 1.29 is 4.79 Å². The second-order valence-corrected chi connectivity index (χ2v) is 5.99. The van der Waals surface area contributed by atoms with E-state index in [1.807, 2.05) is 0 Å². The van der Waals surface area contributed by atoms with Crippen molar-refractivity contribution in [1.82, 2.24) is 15.1 Å². The summed E-state index contributed by atoms with van der Waals surface area (Å²) in [6.45, 7) is 6.51. The van der Waals surface area contributed by atoms with Crippen molar-refractivity contribution in [2.75, 3.05) is 39.3 Å². The summed E-state index contributed by atoms with van der Waals surface area (Å²) in [6, 6.07) is 0.651. The van der Waals surface area contributed by atoms with E-state index in [9.17, 15) is 4.79 Å². The van der Waals surface area contributed by atoms with E-state index in [1.54, 1.807) is 0 Å². The van der Waals surface area contributed by atoms with Gasteiger partial charge >= 0.3 is 0 Å². The summed E-state index contributed by atoms with van der Waals surface area (Å²) < 4.78 is 0. The smallest absolute Gasteiger partial charge is 0.225 e. The van der Waals surface area contributed by atoms with Crippen LogP contribution in [0, 0.1) is 5.92 Å². The molecule has 4 nitrogen and oxygen atoms in total. The molecule has 3 aliphatic heterocycles. The van der Waals surface area contributed by atoms with Gasteiger partial charge in [0.25, 0.3) is 0 Å². The molecule has 0 aromatic carbocycles. The second-order valence-electron chi connectivity index (χ2n) is 5.99. The summed E-state index contributed by atoms with van der Waals surface area (Å²) in [7, 11) is 0. The normalized spacial score (nSPS) is 31.1. The first-order valence-corrected chi connectivity index (χ1v) is 7.58.